The second kappa shape index (κ2) is 8.89. The summed E-state index contributed by atoms with van der Waals surface area (Å²) in [5, 5.41) is 11.1. The molecule has 1 aliphatic carbocycles. The number of hydrogen-bond donors (Lipinski definition) is 0. The Labute approximate surface area is 198 Å². The predicted molar refractivity (Wildman–Crippen MR) is 128 cm³/mol. The van der Waals surface area contributed by atoms with Crippen LogP contribution in [0.1, 0.15) is 39.5 Å². The van der Waals surface area contributed by atoms with Gasteiger partial charge in [-0.25, -0.2) is 8.78 Å². The zero-order valence-corrected chi connectivity index (χ0v) is 19.5. The van der Waals surface area contributed by atoms with Crippen molar-refractivity contribution >= 4 is 22.5 Å². The summed E-state index contributed by atoms with van der Waals surface area (Å²) >= 11 is 0. The van der Waals surface area contributed by atoms with E-state index in [1.54, 1.807) is 6.20 Å². The highest BCUT2D eigenvalue weighted by molar-refractivity contribution is 5.99. The highest BCUT2D eigenvalue weighted by Gasteiger charge is 2.41. The van der Waals surface area contributed by atoms with Gasteiger partial charge in [-0.05, 0) is 32.8 Å². The van der Waals surface area contributed by atoms with Gasteiger partial charge in [-0.15, -0.1) is 10.2 Å². The van der Waals surface area contributed by atoms with E-state index in [0.29, 0.717) is 13.1 Å². The van der Waals surface area contributed by atoms with Crippen molar-refractivity contribution in [1.82, 2.24) is 20.1 Å². The van der Waals surface area contributed by atoms with Crippen LogP contribution >= 0.6 is 0 Å². The van der Waals surface area contributed by atoms with Crippen LogP contribution in [-0.2, 0) is 4.79 Å². The summed E-state index contributed by atoms with van der Waals surface area (Å²) in [5.74, 6) is -2.18. The number of carbonyl (C=O) groups excluding carboxylic acids is 1. The lowest BCUT2D eigenvalue weighted by Crippen LogP contribution is -2.59. The Bertz CT molecular complexity index is 1180. The fourth-order valence-corrected chi connectivity index (χ4v) is 5.26. The number of rotatable bonds is 3. The molecule has 0 radical (unpaired) electrons. The van der Waals surface area contributed by atoms with Gasteiger partial charge in [0.2, 0.25) is 11.8 Å². The lowest BCUT2D eigenvalue weighted by Gasteiger charge is -2.46. The average molecular weight is 466 g/mol. The number of hydrogen-bond acceptors (Lipinski definition) is 5. The average Bonchev–Trinajstić information content (AvgIpc) is 2.85. The molecule has 6 nitrogen and oxygen atoms in total. The number of alkyl halides is 2. The summed E-state index contributed by atoms with van der Waals surface area (Å²) in [6.45, 7) is 5.20. The molecular formula is C26H29F2N5O. The molecule has 2 aliphatic rings. The minimum Gasteiger partial charge on any atom is -0.348 e. The number of fused-ring (bicyclic) bond motifs is 1. The molecule has 2 unspecified atom stereocenters. The first-order valence-corrected chi connectivity index (χ1v) is 11.9. The minimum atomic E-state index is -2.63. The number of anilines is 1. The van der Waals surface area contributed by atoms with E-state index < -0.39 is 5.92 Å². The lowest BCUT2D eigenvalue weighted by molar-refractivity contribution is -0.142. The van der Waals surface area contributed by atoms with Crippen molar-refractivity contribution in [2.75, 3.05) is 18.0 Å². The Balaban J connectivity index is 1.40. The lowest BCUT2D eigenvalue weighted by atomic mass is 9.85. The van der Waals surface area contributed by atoms with Crippen LogP contribution in [0.3, 0.4) is 0 Å². The van der Waals surface area contributed by atoms with Crippen LogP contribution in [0.15, 0.2) is 48.8 Å². The molecule has 2 atom stereocenters. The van der Waals surface area contributed by atoms with E-state index in [4.69, 9.17) is 0 Å². The number of benzene rings is 1. The number of pyridine rings is 1. The van der Waals surface area contributed by atoms with Crippen molar-refractivity contribution in [3.8, 4) is 11.3 Å². The topological polar surface area (TPSA) is 62.2 Å². The SMILES string of the molecule is CC1CN(c2nnc(-c3ccccc3)c3ccncc23)C(C)CN1C(=O)C1CCC(F)(F)CC1. The van der Waals surface area contributed by atoms with Gasteiger partial charge in [0.15, 0.2) is 5.82 Å². The Hall–Kier alpha value is -3.16. The van der Waals surface area contributed by atoms with Gasteiger partial charge in [0.25, 0.3) is 0 Å². The zero-order chi connectivity index (χ0) is 23.9. The minimum absolute atomic E-state index is 0.00506. The molecular weight excluding hydrogens is 436 g/mol. The number of piperazine rings is 1. The molecule has 8 heteroatoms. The molecule has 1 aromatic carbocycles. The maximum Gasteiger partial charge on any atom is 0.248 e. The van der Waals surface area contributed by atoms with Gasteiger partial charge >= 0.3 is 0 Å². The van der Waals surface area contributed by atoms with Gasteiger partial charge in [0.1, 0.15) is 5.69 Å². The van der Waals surface area contributed by atoms with Crippen molar-refractivity contribution in [3.05, 3.63) is 48.8 Å². The summed E-state index contributed by atoms with van der Waals surface area (Å²) in [7, 11) is 0. The predicted octanol–water partition coefficient (Wildman–Crippen LogP) is 4.94. The smallest absolute Gasteiger partial charge is 0.248 e. The van der Waals surface area contributed by atoms with Crippen LogP contribution in [0, 0.1) is 5.92 Å². The van der Waals surface area contributed by atoms with E-state index in [2.05, 4.69) is 27.0 Å². The van der Waals surface area contributed by atoms with Crippen molar-refractivity contribution < 1.29 is 13.6 Å². The Morgan fingerprint density at radius 1 is 0.971 bits per heavy atom. The van der Waals surface area contributed by atoms with Crippen LogP contribution in [0.5, 0.6) is 0 Å². The fourth-order valence-electron chi connectivity index (χ4n) is 5.26. The standard InChI is InChI=1S/C26H29F2N5O/c1-17-16-33(25(34)20-8-11-26(27,28)12-9-20)18(2)15-32(17)24-22-14-29-13-10-21(22)23(30-31-24)19-6-4-3-5-7-19/h3-7,10,13-14,17-18,20H,8-9,11-12,15-16H2,1-2H3. The molecule has 5 rings (SSSR count). The maximum absolute atomic E-state index is 13.6. The Morgan fingerprint density at radius 3 is 2.44 bits per heavy atom. The molecule has 178 valence electrons. The first kappa shape index (κ1) is 22.6. The molecule has 0 spiro atoms. The van der Waals surface area contributed by atoms with Crippen molar-refractivity contribution in [2.45, 2.75) is 57.5 Å². The Kier molecular flexibility index (Phi) is 5.91. The van der Waals surface area contributed by atoms with E-state index in [1.165, 1.54) is 0 Å². The molecule has 0 bridgehead atoms. The van der Waals surface area contributed by atoms with Crippen molar-refractivity contribution in [3.63, 3.8) is 0 Å². The normalized spacial score (nSPS) is 23.3. The van der Waals surface area contributed by atoms with Gasteiger partial charge in [-0.3, -0.25) is 9.78 Å². The monoisotopic (exact) mass is 465 g/mol. The molecule has 1 aliphatic heterocycles. The third-order valence-electron chi connectivity index (χ3n) is 7.22. The third-order valence-corrected chi connectivity index (χ3v) is 7.22. The molecule has 3 aromatic rings. The summed E-state index contributed by atoms with van der Waals surface area (Å²) in [6.07, 6.45) is 3.70. The summed E-state index contributed by atoms with van der Waals surface area (Å²) in [5.41, 5.74) is 1.80. The molecule has 2 aromatic heterocycles. The second-order valence-corrected chi connectivity index (χ2v) is 9.63. The molecule has 0 N–H and O–H groups in total. The summed E-state index contributed by atoms with van der Waals surface area (Å²) < 4.78 is 27.2. The maximum atomic E-state index is 13.6. The fraction of sp³-hybridized carbons (Fsp3) is 0.462. The van der Waals surface area contributed by atoms with Crippen LogP contribution < -0.4 is 4.90 Å². The largest absolute Gasteiger partial charge is 0.348 e. The van der Waals surface area contributed by atoms with Gasteiger partial charge < -0.3 is 9.80 Å². The van der Waals surface area contributed by atoms with E-state index >= 15 is 0 Å². The van der Waals surface area contributed by atoms with Gasteiger partial charge in [0.05, 0.1) is 0 Å². The van der Waals surface area contributed by atoms with E-state index in [0.717, 1.165) is 27.8 Å². The van der Waals surface area contributed by atoms with Gasteiger partial charge in [-0.2, -0.15) is 0 Å². The van der Waals surface area contributed by atoms with Gasteiger partial charge in [0, 0.05) is 72.7 Å². The highest BCUT2D eigenvalue weighted by atomic mass is 19.3. The van der Waals surface area contributed by atoms with E-state index in [1.807, 2.05) is 54.4 Å². The first-order valence-electron chi connectivity index (χ1n) is 11.9. The Morgan fingerprint density at radius 2 is 1.71 bits per heavy atom. The highest BCUT2D eigenvalue weighted by Crippen LogP contribution is 2.38. The number of aromatic nitrogens is 3. The van der Waals surface area contributed by atoms with Gasteiger partial charge in [-0.1, -0.05) is 30.3 Å². The summed E-state index contributed by atoms with van der Waals surface area (Å²) in [4.78, 5) is 21.6. The number of nitrogens with zero attached hydrogens (tertiary/aromatic N) is 5. The second-order valence-electron chi connectivity index (χ2n) is 9.63. The first-order chi connectivity index (χ1) is 16.3. The number of halogens is 2. The summed E-state index contributed by atoms with van der Waals surface area (Å²) in [6, 6.07) is 11.9. The van der Waals surface area contributed by atoms with E-state index in [-0.39, 0.29) is 49.6 Å². The molecule has 3 heterocycles. The molecule has 1 amide bonds. The van der Waals surface area contributed by atoms with Crippen LogP contribution in [0.2, 0.25) is 0 Å². The van der Waals surface area contributed by atoms with Crippen LogP contribution in [-0.4, -0.2) is 57.1 Å². The third kappa shape index (κ3) is 4.21. The molecule has 2 fully saturated rings. The van der Waals surface area contributed by atoms with Crippen LogP contribution in [0.25, 0.3) is 22.0 Å². The quantitative estimate of drug-likeness (QED) is 0.548. The zero-order valence-electron chi connectivity index (χ0n) is 19.5. The number of carbonyl (C=O) groups is 1. The van der Waals surface area contributed by atoms with Crippen LogP contribution in [0.4, 0.5) is 14.6 Å². The number of amides is 1. The molecule has 34 heavy (non-hydrogen) atoms. The van der Waals surface area contributed by atoms with Crippen molar-refractivity contribution in [2.24, 2.45) is 5.92 Å². The molecule has 1 saturated carbocycles. The van der Waals surface area contributed by atoms with E-state index in [9.17, 15) is 13.6 Å². The van der Waals surface area contributed by atoms with Crippen molar-refractivity contribution in [1.29, 1.82) is 0 Å². The molecule has 1 saturated heterocycles.